The third kappa shape index (κ3) is 15.9. The zero-order valence-corrected chi connectivity index (χ0v) is 12.2. The molecule has 0 saturated carbocycles. The third-order valence-corrected chi connectivity index (χ3v) is 1.26. The van der Waals surface area contributed by atoms with E-state index in [1.165, 1.54) is 16.3 Å². The van der Waals surface area contributed by atoms with Crippen LogP contribution in [-0.4, -0.2) is 8.32 Å². The van der Waals surface area contributed by atoms with Crippen LogP contribution in [0.3, 0.4) is 0 Å². The van der Waals surface area contributed by atoms with Crippen LogP contribution >= 0.6 is 13.6 Å². The number of hydrogen-bond acceptors (Lipinski definition) is 2. The van der Waals surface area contributed by atoms with Gasteiger partial charge < -0.3 is 9.53 Å². The molecule has 0 fully saturated rings. The summed E-state index contributed by atoms with van der Waals surface area (Å²) < 4.78 is 4.83. The number of halogens is 1. The van der Waals surface area contributed by atoms with Crippen molar-refractivity contribution in [2.24, 2.45) is 0 Å². The Kier molecular flexibility index (Phi) is 8.46. The van der Waals surface area contributed by atoms with E-state index >= 15 is 0 Å². The van der Waals surface area contributed by atoms with E-state index in [0.717, 1.165) is 0 Å². The molecule has 0 aliphatic heterocycles. The van der Waals surface area contributed by atoms with Gasteiger partial charge in [-0.2, -0.15) is 0 Å². The number of rotatable bonds is 2. The predicted molar refractivity (Wildman–Crippen MR) is 42.5 cm³/mol. The summed E-state index contributed by atoms with van der Waals surface area (Å²) >= 11 is 4.25. The number of hydrogen-bond donors (Lipinski definition) is 0. The fraction of sp³-hybridized carbons (Fsp3) is 0.600. The molecule has 0 heterocycles. The zero-order valence-electron chi connectivity index (χ0n) is 6.61. The summed E-state index contributed by atoms with van der Waals surface area (Å²) in [5.41, 5.74) is 0. The molecule has 0 aliphatic carbocycles. The fourth-order valence-electron chi connectivity index (χ4n) is 0.342. The molecule has 0 unspecified atom stereocenters. The SMILES string of the molecule is C=C([O-])O[Si](C)(C)C.[Zn+][Br]. The van der Waals surface area contributed by atoms with Crippen molar-refractivity contribution in [3.05, 3.63) is 12.5 Å². The summed E-state index contributed by atoms with van der Waals surface area (Å²) in [7, 11) is -1.63. The van der Waals surface area contributed by atoms with Crippen LogP contribution in [0.15, 0.2) is 12.5 Å². The van der Waals surface area contributed by atoms with Gasteiger partial charge in [0.1, 0.15) is 8.32 Å². The molecule has 0 aliphatic rings. The average molecular weight is 277 g/mol. The second-order valence-corrected chi connectivity index (χ2v) is 7.02. The molecule has 10 heavy (non-hydrogen) atoms. The zero-order chi connectivity index (χ0) is 8.78. The van der Waals surface area contributed by atoms with Gasteiger partial charge in [-0.25, -0.2) is 0 Å². The topological polar surface area (TPSA) is 32.3 Å². The van der Waals surface area contributed by atoms with Gasteiger partial charge in [0, 0.05) is 5.95 Å². The Morgan fingerprint density at radius 2 is 1.80 bits per heavy atom. The van der Waals surface area contributed by atoms with E-state index < -0.39 is 14.3 Å². The summed E-state index contributed by atoms with van der Waals surface area (Å²) in [6.07, 6.45) is 0. The van der Waals surface area contributed by atoms with Crippen LogP contribution in [0.1, 0.15) is 0 Å². The van der Waals surface area contributed by atoms with Crippen molar-refractivity contribution in [2.75, 3.05) is 0 Å². The maximum absolute atomic E-state index is 10.2. The summed E-state index contributed by atoms with van der Waals surface area (Å²) in [6.45, 7) is 8.92. The van der Waals surface area contributed by atoms with Gasteiger partial charge in [-0.1, -0.05) is 26.2 Å². The molecule has 0 rings (SSSR count). The van der Waals surface area contributed by atoms with E-state index in [1.54, 1.807) is 0 Å². The normalized spacial score (nSPS) is 9.40. The van der Waals surface area contributed by atoms with Crippen LogP contribution < -0.4 is 5.11 Å². The van der Waals surface area contributed by atoms with Gasteiger partial charge in [0.2, 0.25) is 0 Å². The first-order chi connectivity index (χ1) is 4.42. The second kappa shape index (κ2) is 6.38. The van der Waals surface area contributed by atoms with Crippen LogP contribution in [0, 0.1) is 0 Å². The van der Waals surface area contributed by atoms with Crippen molar-refractivity contribution in [1.29, 1.82) is 0 Å². The summed E-state index contributed by atoms with van der Waals surface area (Å²) in [4.78, 5) is 0. The van der Waals surface area contributed by atoms with E-state index in [0.29, 0.717) is 0 Å². The molecule has 0 bridgehead atoms. The molecule has 0 aromatic heterocycles. The summed E-state index contributed by atoms with van der Waals surface area (Å²) in [6, 6.07) is 0. The van der Waals surface area contributed by atoms with E-state index in [4.69, 9.17) is 4.43 Å². The summed E-state index contributed by atoms with van der Waals surface area (Å²) in [5.74, 6) is -0.413. The Hall–Kier alpha value is 0.660. The van der Waals surface area contributed by atoms with Crippen LogP contribution in [0.25, 0.3) is 0 Å². The molecule has 0 saturated heterocycles. The first-order valence-corrected chi connectivity index (χ1v) is 13.1. The maximum atomic E-state index is 10.2. The fourth-order valence-corrected chi connectivity index (χ4v) is 1.02. The summed E-state index contributed by atoms with van der Waals surface area (Å²) in [5, 5.41) is 10.2. The van der Waals surface area contributed by atoms with Crippen molar-refractivity contribution >= 4 is 21.9 Å². The van der Waals surface area contributed by atoms with E-state index in [2.05, 4.69) is 20.2 Å². The molecular formula is C5H11BrO2SiZn. The molecule has 0 N–H and O–H groups in total. The van der Waals surface area contributed by atoms with Crippen molar-refractivity contribution in [3.63, 3.8) is 0 Å². The monoisotopic (exact) mass is 274 g/mol. The van der Waals surface area contributed by atoms with Crippen LogP contribution in [0.5, 0.6) is 0 Å². The van der Waals surface area contributed by atoms with Crippen LogP contribution in [-0.2, 0) is 20.8 Å². The van der Waals surface area contributed by atoms with Crippen molar-refractivity contribution in [1.82, 2.24) is 0 Å². The molecule has 0 radical (unpaired) electrons. The van der Waals surface area contributed by atoms with Gasteiger partial charge in [-0.3, -0.25) is 0 Å². The van der Waals surface area contributed by atoms with Crippen LogP contribution in [0.4, 0.5) is 0 Å². The quantitative estimate of drug-likeness (QED) is 0.566. The van der Waals surface area contributed by atoms with Gasteiger partial charge in [0.05, 0.1) is 0 Å². The van der Waals surface area contributed by atoms with Gasteiger partial charge in [-0.05, 0) is 0 Å². The molecule has 0 atom stereocenters. The third-order valence-electron chi connectivity index (χ3n) is 0.420. The van der Waals surface area contributed by atoms with E-state index in [-0.39, 0.29) is 0 Å². The average Bonchev–Trinajstić information content (AvgIpc) is 1.64. The second-order valence-electron chi connectivity index (χ2n) is 2.59. The molecule has 56 valence electrons. The Bertz CT molecular complexity index is 102. The van der Waals surface area contributed by atoms with E-state index in [1.807, 2.05) is 19.6 Å². The van der Waals surface area contributed by atoms with Gasteiger partial charge in [0.25, 0.3) is 0 Å². The minimum absolute atomic E-state index is 0.413. The van der Waals surface area contributed by atoms with E-state index in [9.17, 15) is 5.11 Å². The standard InChI is InChI=1S/C5H12O2Si.BrH.Zn/c1-5(6)7-8(2,3)4;;/h6H,1H2,2-4H3;1H;/q;;+2/p-2. The first-order valence-electron chi connectivity index (χ1n) is 2.73. The van der Waals surface area contributed by atoms with Crippen molar-refractivity contribution < 1.29 is 25.9 Å². The molecule has 2 nitrogen and oxygen atoms in total. The molecule has 0 amide bonds. The van der Waals surface area contributed by atoms with Gasteiger partial charge in [0.15, 0.2) is 0 Å². The predicted octanol–water partition coefficient (Wildman–Crippen LogP) is 1.51. The molecule has 0 aromatic rings. The van der Waals surface area contributed by atoms with Gasteiger partial charge in [-0.15, -0.1) is 0 Å². The molecule has 5 heteroatoms. The Morgan fingerprint density at radius 3 is 1.80 bits per heavy atom. The molecule has 0 spiro atoms. The Balaban J connectivity index is 0. The Morgan fingerprint density at radius 1 is 1.50 bits per heavy atom. The Labute approximate surface area is 79.8 Å². The minimum atomic E-state index is -1.63. The van der Waals surface area contributed by atoms with Crippen molar-refractivity contribution in [2.45, 2.75) is 19.6 Å². The van der Waals surface area contributed by atoms with Gasteiger partial charge >= 0.3 is 30.0 Å². The van der Waals surface area contributed by atoms with Crippen molar-refractivity contribution in [3.8, 4) is 0 Å². The molecule has 0 aromatic carbocycles. The molecular weight excluding hydrogens is 265 g/mol. The first kappa shape index (κ1) is 13.3. The van der Waals surface area contributed by atoms with Crippen LogP contribution in [0.2, 0.25) is 19.6 Å².